The molecule has 2 aromatic carbocycles. The van der Waals surface area contributed by atoms with Crippen LogP contribution in [0.3, 0.4) is 0 Å². The molecule has 2 atom stereocenters. The van der Waals surface area contributed by atoms with Crippen LogP contribution in [0.5, 0.6) is 5.75 Å². The fraction of sp³-hybridized carbons (Fsp3) is 0.400. The van der Waals surface area contributed by atoms with Crippen LogP contribution in [0.4, 0.5) is 0 Å². The minimum absolute atomic E-state index is 0.141. The molecule has 1 aromatic heterocycles. The molecule has 1 aliphatic heterocycles. The maximum Gasteiger partial charge on any atom is 0.179 e. The number of ether oxygens (including phenoxy) is 2. The van der Waals surface area contributed by atoms with Gasteiger partial charge in [0.25, 0.3) is 0 Å². The van der Waals surface area contributed by atoms with Crippen molar-refractivity contribution in [2.24, 2.45) is 0 Å². The average molecular weight is 407 g/mol. The Hall–Kier alpha value is -2.63. The average Bonchev–Trinajstić information content (AvgIpc) is 2.98. The van der Waals surface area contributed by atoms with Gasteiger partial charge in [0.05, 0.1) is 25.9 Å². The van der Waals surface area contributed by atoms with Crippen molar-refractivity contribution in [3.63, 3.8) is 0 Å². The predicted molar refractivity (Wildman–Crippen MR) is 120 cm³/mol. The van der Waals surface area contributed by atoms with Gasteiger partial charge in [0.2, 0.25) is 0 Å². The van der Waals surface area contributed by atoms with Crippen LogP contribution in [-0.2, 0) is 11.3 Å². The summed E-state index contributed by atoms with van der Waals surface area (Å²) in [5.41, 5.74) is 4.07. The smallest absolute Gasteiger partial charge is 0.179 e. The number of ketones is 1. The zero-order valence-corrected chi connectivity index (χ0v) is 18.2. The molecule has 0 bridgehead atoms. The highest BCUT2D eigenvalue weighted by Crippen LogP contribution is 2.31. The maximum atomic E-state index is 13.5. The number of hydrogen-bond donors (Lipinski definition) is 0. The molecule has 158 valence electrons. The fourth-order valence-electron chi connectivity index (χ4n) is 4.61. The Morgan fingerprint density at radius 3 is 2.47 bits per heavy atom. The van der Waals surface area contributed by atoms with Gasteiger partial charge in [-0.15, -0.1) is 0 Å². The van der Waals surface area contributed by atoms with Crippen molar-refractivity contribution >= 4 is 16.7 Å². The number of aromatic nitrogens is 1. The van der Waals surface area contributed by atoms with E-state index in [1.54, 1.807) is 7.11 Å². The third kappa shape index (κ3) is 4.13. The standard InChI is InChI=1S/C25H30N2O3/c1-17-13-26(14-18(2)30-17)16-24(28)25-19(3)27(15-20-8-6-5-7-9-20)23-11-10-21(29-4)12-22(23)25/h5-12,17-18H,13-16H2,1-4H3/t17-,18-/m0/s1. The van der Waals surface area contributed by atoms with Gasteiger partial charge in [-0.25, -0.2) is 0 Å². The van der Waals surface area contributed by atoms with Gasteiger partial charge in [-0.05, 0) is 44.5 Å². The van der Waals surface area contributed by atoms with Crippen molar-refractivity contribution in [2.45, 2.75) is 39.5 Å². The van der Waals surface area contributed by atoms with E-state index in [4.69, 9.17) is 9.47 Å². The Labute approximate surface area is 178 Å². The van der Waals surface area contributed by atoms with Gasteiger partial charge in [0.1, 0.15) is 5.75 Å². The summed E-state index contributed by atoms with van der Waals surface area (Å²) in [5, 5.41) is 0.960. The van der Waals surface area contributed by atoms with E-state index >= 15 is 0 Å². The minimum atomic E-state index is 0.141. The predicted octanol–water partition coefficient (Wildman–Crippen LogP) is 4.30. The van der Waals surface area contributed by atoms with E-state index in [1.807, 2.05) is 37.3 Å². The number of carbonyl (C=O) groups excluding carboxylic acids is 1. The SMILES string of the molecule is COc1ccc2c(c1)c(C(=O)CN1C[C@H](C)O[C@@H](C)C1)c(C)n2Cc1ccccc1. The summed E-state index contributed by atoms with van der Waals surface area (Å²) >= 11 is 0. The highest BCUT2D eigenvalue weighted by atomic mass is 16.5. The second-order valence-corrected chi connectivity index (χ2v) is 8.29. The summed E-state index contributed by atoms with van der Waals surface area (Å²) in [6.45, 7) is 8.87. The highest BCUT2D eigenvalue weighted by Gasteiger charge is 2.27. The van der Waals surface area contributed by atoms with Crippen LogP contribution in [0.2, 0.25) is 0 Å². The third-order valence-electron chi connectivity index (χ3n) is 5.86. The number of rotatable bonds is 6. The molecule has 1 saturated heterocycles. The number of methoxy groups -OCH3 is 1. The van der Waals surface area contributed by atoms with Crippen LogP contribution in [0.15, 0.2) is 48.5 Å². The first-order valence-electron chi connectivity index (χ1n) is 10.6. The minimum Gasteiger partial charge on any atom is -0.497 e. The number of hydrogen-bond acceptors (Lipinski definition) is 4. The van der Waals surface area contributed by atoms with Crippen molar-refractivity contribution in [2.75, 3.05) is 26.7 Å². The van der Waals surface area contributed by atoms with Gasteiger partial charge in [-0.2, -0.15) is 0 Å². The molecule has 0 spiro atoms. The van der Waals surface area contributed by atoms with Gasteiger partial charge in [-0.1, -0.05) is 30.3 Å². The van der Waals surface area contributed by atoms with Gasteiger partial charge in [0.15, 0.2) is 5.78 Å². The summed E-state index contributed by atoms with van der Waals surface area (Å²) in [6, 6.07) is 16.4. The van der Waals surface area contributed by atoms with E-state index in [0.29, 0.717) is 6.54 Å². The van der Waals surface area contributed by atoms with E-state index in [-0.39, 0.29) is 18.0 Å². The molecule has 3 aromatic rings. The summed E-state index contributed by atoms with van der Waals surface area (Å²) in [7, 11) is 1.66. The number of morpholine rings is 1. The second-order valence-electron chi connectivity index (χ2n) is 8.29. The van der Waals surface area contributed by atoms with Gasteiger partial charge in [0, 0.05) is 41.8 Å². The quantitative estimate of drug-likeness (QED) is 0.573. The molecule has 1 fully saturated rings. The third-order valence-corrected chi connectivity index (χ3v) is 5.86. The van der Waals surface area contributed by atoms with Gasteiger partial charge in [-0.3, -0.25) is 9.69 Å². The Morgan fingerprint density at radius 2 is 1.80 bits per heavy atom. The number of carbonyl (C=O) groups is 1. The Morgan fingerprint density at radius 1 is 1.10 bits per heavy atom. The molecule has 0 unspecified atom stereocenters. The Bertz CT molecular complexity index is 1030. The Kier molecular flexibility index (Phi) is 5.93. The van der Waals surface area contributed by atoms with Gasteiger partial charge < -0.3 is 14.0 Å². The summed E-state index contributed by atoms with van der Waals surface area (Å²) in [4.78, 5) is 15.7. The van der Waals surface area contributed by atoms with E-state index in [9.17, 15) is 4.79 Å². The molecule has 0 aliphatic carbocycles. The molecular weight excluding hydrogens is 376 g/mol. The largest absolute Gasteiger partial charge is 0.497 e. The second kappa shape index (κ2) is 8.62. The number of Topliss-reactive ketones (excluding diaryl/α,β-unsaturated/α-hetero) is 1. The van der Waals surface area contributed by atoms with Crippen LogP contribution in [0.1, 0.15) is 35.5 Å². The van der Waals surface area contributed by atoms with Gasteiger partial charge >= 0.3 is 0 Å². The summed E-state index contributed by atoms with van der Waals surface area (Å²) in [5.74, 6) is 0.917. The van der Waals surface area contributed by atoms with Crippen LogP contribution in [0.25, 0.3) is 10.9 Å². The molecule has 0 amide bonds. The number of benzene rings is 2. The maximum absolute atomic E-state index is 13.5. The monoisotopic (exact) mass is 406 g/mol. The van der Waals surface area contributed by atoms with E-state index in [0.717, 1.165) is 47.5 Å². The lowest BCUT2D eigenvalue weighted by atomic mass is 10.1. The van der Waals surface area contributed by atoms with Crippen molar-refractivity contribution in [3.8, 4) is 5.75 Å². The molecule has 2 heterocycles. The van der Waals surface area contributed by atoms with E-state index in [1.165, 1.54) is 5.56 Å². The molecule has 5 heteroatoms. The van der Waals surface area contributed by atoms with Crippen LogP contribution in [-0.4, -0.2) is 54.2 Å². The zero-order chi connectivity index (χ0) is 21.3. The van der Waals surface area contributed by atoms with Crippen molar-refractivity contribution in [1.29, 1.82) is 0 Å². The van der Waals surface area contributed by atoms with Crippen molar-refractivity contribution in [3.05, 3.63) is 65.4 Å². The van der Waals surface area contributed by atoms with E-state index in [2.05, 4.69) is 41.5 Å². The molecule has 5 nitrogen and oxygen atoms in total. The fourth-order valence-corrected chi connectivity index (χ4v) is 4.61. The topological polar surface area (TPSA) is 43.7 Å². The first kappa shape index (κ1) is 20.6. The summed E-state index contributed by atoms with van der Waals surface area (Å²) in [6.07, 6.45) is 0.282. The molecule has 1 aliphatic rings. The van der Waals surface area contributed by atoms with Crippen molar-refractivity contribution in [1.82, 2.24) is 9.47 Å². The van der Waals surface area contributed by atoms with E-state index < -0.39 is 0 Å². The van der Waals surface area contributed by atoms with Crippen molar-refractivity contribution < 1.29 is 14.3 Å². The normalized spacial score (nSPS) is 19.9. The molecule has 0 N–H and O–H groups in total. The number of nitrogens with zero attached hydrogens (tertiary/aromatic N) is 2. The van der Waals surface area contributed by atoms with Crippen LogP contribution >= 0.6 is 0 Å². The molecular formula is C25H30N2O3. The first-order chi connectivity index (χ1) is 14.5. The summed E-state index contributed by atoms with van der Waals surface area (Å²) < 4.78 is 13.5. The number of fused-ring (bicyclic) bond motifs is 1. The molecule has 0 radical (unpaired) electrons. The Balaban J connectivity index is 1.72. The van der Waals surface area contributed by atoms with Crippen LogP contribution in [0, 0.1) is 6.92 Å². The lowest BCUT2D eigenvalue weighted by molar-refractivity contribution is -0.0652. The molecule has 30 heavy (non-hydrogen) atoms. The lowest BCUT2D eigenvalue weighted by Gasteiger charge is -2.34. The molecule has 0 saturated carbocycles. The van der Waals surface area contributed by atoms with Crippen LogP contribution < -0.4 is 4.74 Å². The first-order valence-corrected chi connectivity index (χ1v) is 10.6. The lowest BCUT2D eigenvalue weighted by Crippen LogP contribution is -2.47. The zero-order valence-electron chi connectivity index (χ0n) is 18.2. The molecule has 4 rings (SSSR count). The highest BCUT2D eigenvalue weighted by molar-refractivity contribution is 6.10.